The highest BCUT2D eigenvalue weighted by Gasteiger charge is 2.11. The van der Waals surface area contributed by atoms with Gasteiger partial charge in [0.1, 0.15) is 0 Å². The molecule has 0 aliphatic carbocycles. The van der Waals surface area contributed by atoms with E-state index in [0.29, 0.717) is 6.54 Å². The van der Waals surface area contributed by atoms with Crippen molar-refractivity contribution in [2.24, 2.45) is 5.73 Å². The first-order valence-corrected chi connectivity index (χ1v) is 5.58. The second kappa shape index (κ2) is 4.09. The van der Waals surface area contributed by atoms with Gasteiger partial charge < -0.3 is 11.1 Å². The number of benzene rings is 1. The van der Waals surface area contributed by atoms with Gasteiger partial charge in [0.2, 0.25) is 0 Å². The molecule has 14 heavy (non-hydrogen) atoms. The Balaban J connectivity index is 2.51. The Bertz CT molecular complexity index is 418. The minimum atomic E-state index is 0.270. The smallest absolute Gasteiger partial charge is 0.0456 e. The quantitative estimate of drug-likeness (QED) is 0.807. The van der Waals surface area contributed by atoms with E-state index in [0.717, 1.165) is 0 Å². The van der Waals surface area contributed by atoms with E-state index in [4.69, 9.17) is 5.73 Å². The molecule has 0 fully saturated rings. The monoisotopic (exact) mass is 206 g/mol. The third-order valence-corrected chi connectivity index (χ3v) is 3.45. The topological polar surface area (TPSA) is 38.0 Å². The van der Waals surface area contributed by atoms with Gasteiger partial charge in [-0.3, -0.25) is 0 Å². The molecule has 1 unspecified atom stereocenters. The summed E-state index contributed by atoms with van der Waals surface area (Å²) in [5.41, 5.74) is 7.02. The van der Waals surface area contributed by atoms with Crippen LogP contribution in [0.15, 0.2) is 29.6 Å². The summed E-state index contributed by atoms with van der Waals surface area (Å²) >= 11 is 1.78. The normalized spacial score (nSPS) is 13.3. The van der Waals surface area contributed by atoms with Gasteiger partial charge in [-0.05, 0) is 29.4 Å². The Morgan fingerprint density at radius 3 is 2.93 bits per heavy atom. The number of nitrogens with one attached hydrogen (secondary N) is 1. The van der Waals surface area contributed by atoms with Gasteiger partial charge in [0.05, 0.1) is 0 Å². The molecule has 0 saturated carbocycles. The molecule has 1 heterocycles. The van der Waals surface area contributed by atoms with Crippen molar-refractivity contribution in [3.63, 3.8) is 0 Å². The maximum Gasteiger partial charge on any atom is 0.0456 e. The maximum absolute atomic E-state index is 5.71. The van der Waals surface area contributed by atoms with Gasteiger partial charge in [0.15, 0.2) is 0 Å². The fourth-order valence-electron chi connectivity index (χ4n) is 1.67. The summed E-state index contributed by atoms with van der Waals surface area (Å²) in [5.74, 6) is 0. The third-order valence-electron chi connectivity index (χ3n) is 2.47. The van der Waals surface area contributed by atoms with Gasteiger partial charge >= 0.3 is 0 Å². The zero-order valence-electron chi connectivity index (χ0n) is 8.16. The van der Waals surface area contributed by atoms with Gasteiger partial charge in [0.25, 0.3) is 0 Å². The number of hydrogen-bond donors (Lipinski definition) is 2. The Morgan fingerprint density at radius 2 is 2.21 bits per heavy atom. The Labute approximate surface area is 87.7 Å². The summed E-state index contributed by atoms with van der Waals surface area (Å²) in [5, 5.41) is 6.74. The molecule has 2 nitrogen and oxygen atoms in total. The van der Waals surface area contributed by atoms with Crippen LogP contribution < -0.4 is 11.1 Å². The number of hydrogen-bond acceptors (Lipinski definition) is 3. The van der Waals surface area contributed by atoms with Crippen molar-refractivity contribution in [1.82, 2.24) is 5.32 Å². The molecule has 0 saturated heterocycles. The van der Waals surface area contributed by atoms with Crippen LogP contribution in [0.25, 0.3) is 10.1 Å². The number of nitrogens with two attached hydrogens (primary N) is 1. The van der Waals surface area contributed by atoms with Crippen molar-refractivity contribution in [2.45, 2.75) is 6.04 Å². The van der Waals surface area contributed by atoms with Crippen LogP contribution in [0.4, 0.5) is 0 Å². The molecule has 74 valence electrons. The van der Waals surface area contributed by atoms with Crippen LogP contribution in [-0.4, -0.2) is 13.6 Å². The largest absolute Gasteiger partial charge is 0.329 e. The molecule has 3 N–H and O–H groups in total. The van der Waals surface area contributed by atoms with Crippen LogP contribution in [0.2, 0.25) is 0 Å². The molecule has 1 atom stereocenters. The average Bonchev–Trinajstić information content (AvgIpc) is 2.65. The van der Waals surface area contributed by atoms with E-state index in [-0.39, 0.29) is 6.04 Å². The van der Waals surface area contributed by atoms with Gasteiger partial charge in [-0.2, -0.15) is 0 Å². The average molecular weight is 206 g/mol. The Kier molecular flexibility index (Phi) is 2.82. The van der Waals surface area contributed by atoms with Crippen molar-refractivity contribution in [3.8, 4) is 0 Å². The molecule has 1 aromatic carbocycles. The van der Waals surface area contributed by atoms with Gasteiger partial charge in [-0.15, -0.1) is 11.3 Å². The molecule has 0 aliphatic heterocycles. The van der Waals surface area contributed by atoms with Crippen LogP contribution >= 0.6 is 11.3 Å². The van der Waals surface area contributed by atoms with E-state index in [1.165, 1.54) is 15.6 Å². The highest BCUT2D eigenvalue weighted by molar-refractivity contribution is 7.17. The Morgan fingerprint density at radius 1 is 1.43 bits per heavy atom. The predicted molar refractivity (Wildman–Crippen MR) is 62.7 cm³/mol. The standard InChI is InChI=1S/C11H14N2S/c1-13-10(6-12)9-7-14-11-5-3-2-4-8(9)11/h2-5,7,10,13H,6,12H2,1H3. The van der Waals surface area contributed by atoms with Gasteiger partial charge in [0, 0.05) is 17.3 Å². The van der Waals surface area contributed by atoms with Crippen LogP contribution in [0, 0.1) is 0 Å². The lowest BCUT2D eigenvalue weighted by Crippen LogP contribution is -2.24. The highest BCUT2D eigenvalue weighted by Crippen LogP contribution is 2.29. The lowest BCUT2D eigenvalue weighted by atomic mass is 10.1. The fourth-order valence-corrected chi connectivity index (χ4v) is 2.68. The first-order chi connectivity index (χ1) is 6.86. The molecule has 0 bridgehead atoms. The molecule has 1 aromatic heterocycles. The second-order valence-electron chi connectivity index (χ2n) is 3.26. The predicted octanol–water partition coefficient (Wildman–Crippen LogP) is 2.12. The minimum Gasteiger partial charge on any atom is -0.329 e. The SMILES string of the molecule is CNC(CN)c1csc2ccccc12. The van der Waals surface area contributed by atoms with E-state index in [2.05, 4.69) is 35.0 Å². The maximum atomic E-state index is 5.71. The number of rotatable bonds is 3. The van der Waals surface area contributed by atoms with Gasteiger partial charge in [-0.1, -0.05) is 18.2 Å². The van der Waals surface area contributed by atoms with E-state index >= 15 is 0 Å². The summed E-state index contributed by atoms with van der Waals surface area (Å²) in [7, 11) is 1.95. The Hall–Kier alpha value is -0.900. The number of likely N-dealkylation sites (N-methyl/N-ethyl adjacent to an activating group) is 1. The molecular weight excluding hydrogens is 192 g/mol. The lowest BCUT2D eigenvalue weighted by Gasteiger charge is -2.12. The van der Waals surface area contributed by atoms with E-state index in [1.54, 1.807) is 11.3 Å². The van der Waals surface area contributed by atoms with E-state index in [9.17, 15) is 0 Å². The van der Waals surface area contributed by atoms with Gasteiger partial charge in [-0.25, -0.2) is 0 Å². The summed E-state index contributed by atoms with van der Waals surface area (Å²) in [4.78, 5) is 0. The molecule has 2 rings (SSSR count). The lowest BCUT2D eigenvalue weighted by molar-refractivity contribution is 0.611. The van der Waals surface area contributed by atoms with Crippen LogP contribution in [0.5, 0.6) is 0 Å². The molecule has 0 radical (unpaired) electrons. The number of thiophene rings is 1. The summed E-state index contributed by atoms with van der Waals surface area (Å²) in [6.07, 6.45) is 0. The minimum absolute atomic E-state index is 0.270. The zero-order chi connectivity index (χ0) is 9.97. The summed E-state index contributed by atoms with van der Waals surface area (Å²) in [6.45, 7) is 0.636. The first kappa shape index (κ1) is 9.65. The van der Waals surface area contributed by atoms with E-state index in [1.807, 2.05) is 7.05 Å². The molecule has 2 aromatic rings. The summed E-state index contributed by atoms with van der Waals surface area (Å²) in [6, 6.07) is 8.71. The van der Waals surface area contributed by atoms with E-state index < -0.39 is 0 Å². The molecule has 3 heteroatoms. The van der Waals surface area contributed by atoms with Crippen LogP contribution in [0.1, 0.15) is 11.6 Å². The molecule has 0 spiro atoms. The molecular formula is C11H14N2S. The van der Waals surface area contributed by atoms with Crippen LogP contribution in [-0.2, 0) is 0 Å². The van der Waals surface area contributed by atoms with Crippen molar-refractivity contribution < 1.29 is 0 Å². The van der Waals surface area contributed by atoms with Crippen molar-refractivity contribution in [1.29, 1.82) is 0 Å². The number of fused-ring (bicyclic) bond motifs is 1. The summed E-state index contributed by atoms with van der Waals surface area (Å²) < 4.78 is 1.33. The second-order valence-corrected chi connectivity index (χ2v) is 4.18. The van der Waals surface area contributed by atoms with Crippen LogP contribution in [0.3, 0.4) is 0 Å². The fraction of sp³-hybridized carbons (Fsp3) is 0.273. The highest BCUT2D eigenvalue weighted by atomic mass is 32.1. The first-order valence-electron chi connectivity index (χ1n) is 4.70. The molecule has 0 aliphatic rings. The van der Waals surface area contributed by atoms with Crippen molar-refractivity contribution >= 4 is 21.4 Å². The zero-order valence-corrected chi connectivity index (χ0v) is 8.97. The van der Waals surface area contributed by atoms with Crippen molar-refractivity contribution in [2.75, 3.05) is 13.6 Å². The third kappa shape index (κ3) is 1.54. The molecule has 0 amide bonds. The van der Waals surface area contributed by atoms with Crippen molar-refractivity contribution in [3.05, 3.63) is 35.2 Å².